The molecule has 0 spiro atoms. The van der Waals surface area contributed by atoms with Crippen LogP contribution in [0.1, 0.15) is 11.1 Å². The fraction of sp³-hybridized carbons (Fsp3) is 0.0476. The Morgan fingerprint density at radius 3 is 2.32 bits per heavy atom. The van der Waals surface area contributed by atoms with E-state index in [2.05, 4.69) is 10.5 Å². The third-order valence-corrected chi connectivity index (χ3v) is 3.45. The van der Waals surface area contributed by atoms with Crippen molar-refractivity contribution in [2.75, 3.05) is 0 Å². The number of hydrazone groups is 1. The molecule has 0 aliphatic rings. The molecule has 1 amide bonds. The third kappa shape index (κ3) is 5.32. The minimum absolute atomic E-state index is 0.154. The number of carbonyl (C=O) groups is 1. The number of benzene rings is 3. The zero-order chi connectivity index (χ0) is 17.3. The zero-order valence-corrected chi connectivity index (χ0v) is 13.6. The van der Waals surface area contributed by atoms with Gasteiger partial charge in [-0.15, -0.1) is 0 Å². The Morgan fingerprint density at radius 2 is 1.56 bits per heavy atom. The minimum Gasteiger partial charge on any atom is -0.457 e. The minimum atomic E-state index is -0.154. The second-order valence-corrected chi connectivity index (χ2v) is 5.44. The van der Waals surface area contributed by atoms with Crippen molar-refractivity contribution in [3.63, 3.8) is 0 Å². The van der Waals surface area contributed by atoms with Crippen molar-refractivity contribution in [1.82, 2.24) is 5.43 Å². The Kier molecular flexibility index (Phi) is 5.56. The average Bonchev–Trinajstić information content (AvgIpc) is 2.64. The summed E-state index contributed by atoms with van der Waals surface area (Å²) >= 11 is 0. The summed E-state index contributed by atoms with van der Waals surface area (Å²) in [7, 11) is 0. The number of hydrogen-bond donors (Lipinski definition) is 1. The SMILES string of the molecule is O=C(Cc1ccccc1)N/N=C\c1cccc(Oc2ccccc2)c1. The van der Waals surface area contributed by atoms with Crippen LogP contribution in [0.4, 0.5) is 0 Å². The predicted molar refractivity (Wildman–Crippen MR) is 98.8 cm³/mol. The molecule has 0 unspecified atom stereocenters. The molecule has 0 atom stereocenters. The molecule has 0 heterocycles. The largest absolute Gasteiger partial charge is 0.457 e. The number of nitrogens with zero attached hydrogens (tertiary/aromatic N) is 1. The molecule has 3 aromatic carbocycles. The second kappa shape index (κ2) is 8.45. The van der Waals surface area contributed by atoms with Gasteiger partial charge in [0.05, 0.1) is 12.6 Å². The van der Waals surface area contributed by atoms with E-state index >= 15 is 0 Å². The van der Waals surface area contributed by atoms with Crippen LogP contribution in [0.2, 0.25) is 0 Å². The molecule has 1 N–H and O–H groups in total. The van der Waals surface area contributed by atoms with E-state index in [0.29, 0.717) is 12.2 Å². The van der Waals surface area contributed by atoms with E-state index in [0.717, 1.165) is 16.9 Å². The normalized spacial score (nSPS) is 10.6. The zero-order valence-electron chi connectivity index (χ0n) is 13.6. The number of hydrogen-bond acceptors (Lipinski definition) is 3. The monoisotopic (exact) mass is 330 g/mol. The molecule has 4 heteroatoms. The maximum absolute atomic E-state index is 11.9. The fourth-order valence-electron chi connectivity index (χ4n) is 2.28. The lowest BCUT2D eigenvalue weighted by atomic mass is 10.1. The van der Waals surface area contributed by atoms with Crippen LogP contribution in [0, 0.1) is 0 Å². The highest BCUT2D eigenvalue weighted by molar-refractivity contribution is 5.83. The van der Waals surface area contributed by atoms with Crippen molar-refractivity contribution < 1.29 is 9.53 Å². The van der Waals surface area contributed by atoms with Gasteiger partial charge in [-0.3, -0.25) is 4.79 Å². The van der Waals surface area contributed by atoms with E-state index in [1.165, 1.54) is 0 Å². The molecule has 3 rings (SSSR count). The van der Waals surface area contributed by atoms with Crippen LogP contribution in [-0.4, -0.2) is 12.1 Å². The van der Waals surface area contributed by atoms with E-state index in [9.17, 15) is 4.79 Å². The number of nitrogens with one attached hydrogen (secondary N) is 1. The van der Waals surface area contributed by atoms with Gasteiger partial charge in [0.25, 0.3) is 0 Å². The van der Waals surface area contributed by atoms with Crippen LogP contribution < -0.4 is 10.2 Å². The van der Waals surface area contributed by atoms with Crippen molar-refractivity contribution in [2.45, 2.75) is 6.42 Å². The first kappa shape index (κ1) is 16.5. The van der Waals surface area contributed by atoms with Gasteiger partial charge in [0, 0.05) is 0 Å². The van der Waals surface area contributed by atoms with Crippen LogP contribution >= 0.6 is 0 Å². The van der Waals surface area contributed by atoms with E-state index in [4.69, 9.17) is 4.74 Å². The average molecular weight is 330 g/mol. The fourth-order valence-corrected chi connectivity index (χ4v) is 2.28. The smallest absolute Gasteiger partial charge is 0.244 e. The number of para-hydroxylation sites is 1. The van der Waals surface area contributed by atoms with Crippen molar-refractivity contribution in [1.29, 1.82) is 0 Å². The topological polar surface area (TPSA) is 50.7 Å². The molecule has 0 aliphatic heterocycles. The summed E-state index contributed by atoms with van der Waals surface area (Å²) in [6.45, 7) is 0. The molecule has 0 fully saturated rings. The molecular weight excluding hydrogens is 312 g/mol. The Hall–Kier alpha value is -3.40. The van der Waals surface area contributed by atoms with E-state index in [1.54, 1.807) is 6.21 Å². The van der Waals surface area contributed by atoms with Crippen LogP contribution in [-0.2, 0) is 11.2 Å². The Labute approximate surface area is 146 Å². The molecule has 124 valence electrons. The molecule has 3 aromatic rings. The standard InChI is InChI=1S/C21H18N2O2/c24-21(15-17-8-3-1-4-9-17)23-22-16-18-10-7-13-20(14-18)25-19-11-5-2-6-12-19/h1-14,16H,15H2,(H,23,24)/b22-16-. The summed E-state index contributed by atoms with van der Waals surface area (Å²) in [4.78, 5) is 11.9. The van der Waals surface area contributed by atoms with E-state index in [-0.39, 0.29) is 5.91 Å². The van der Waals surface area contributed by atoms with Gasteiger partial charge in [0.2, 0.25) is 5.91 Å². The highest BCUT2D eigenvalue weighted by Gasteiger charge is 2.01. The molecule has 0 saturated carbocycles. The number of carbonyl (C=O) groups excluding carboxylic acids is 1. The summed E-state index contributed by atoms with van der Waals surface area (Å²) in [6, 6.07) is 26.6. The highest BCUT2D eigenvalue weighted by Crippen LogP contribution is 2.21. The summed E-state index contributed by atoms with van der Waals surface area (Å²) < 4.78 is 5.78. The summed E-state index contributed by atoms with van der Waals surface area (Å²) in [5, 5.41) is 4.01. The summed E-state index contributed by atoms with van der Waals surface area (Å²) in [5.74, 6) is 1.33. The van der Waals surface area contributed by atoms with Gasteiger partial charge in [-0.2, -0.15) is 5.10 Å². The Balaban J connectivity index is 1.56. The summed E-state index contributed by atoms with van der Waals surface area (Å²) in [6.07, 6.45) is 1.90. The van der Waals surface area contributed by atoms with Crippen molar-refractivity contribution in [3.8, 4) is 11.5 Å². The molecule has 0 saturated heterocycles. The molecule has 0 aromatic heterocycles. The second-order valence-electron chi connectivity index (χ2n) is 5.44. The first-order valence-corrected chi connectivity index (χ1v) is 7.98. The maximum atomic E-state index is 11.9. The van der Waals surface area contributed by atoms with Gasteiger partial charge in [-0.1, -0.05) is 60.7 Å². The lowest BCUT2D eigenvalue weighted by Gasteiger charge is -2.05. The Bertz CT molecular complexity index is 846. The van der Waals surface area contributed by atoms with E-state index in [1.807, 2.05) is 84.9 Å². The summed E-state index contributed by atoms with van der Waals surface area (Å²) in [5.41, 5.74) is 4.33. The van der Waals surface area contributed by atoms with Gasteiger partial charge < -0.3 is 4.74 Å². The quantitative estimate of drug-likeness (QED) is 0.545. The first-order chi connectivity index (χ1) is 12.3. The van der Waals surface area contributed by atoms with Crippen LogP contribution in [0.3, 0.4) is 0 Å². The van der Waals surface area contributed by atoms with E-state index < -0.39 is 0 Å². The first-order valence-electron chi connectivity index (χ1n) is 7.98. The van der Waals surface area contributed by atoms with Gasteiger partial charge in [-0.25, -0.2) is 5.43 Å². The molecule has 4 nitrogen and oxygen atoms in total. The lowest BCUT2D eigenvalue weighted by molar-refractivity contribution is -0.120. The van der Waals surface area contributed by atoms with Crippen molar-refractivity contribution >= 4 is 12.1 Å². The number of rotatable bonds is 6. The number of amides is 1. The predicted octanol–water partition coefficient (Wildman–Crippen LogP) is 4.17. The van der Waals surface area contributed by atoms with Crippen LogP contribution in [0.5, 0.6) is 11.5 Å². The van der Waals surface area contributed by atoms with Gasteiger partial charge in [0.1, 0.15) is 11.5 Å². The third-order valence-electron chi connectivity index (χ3n) is 3.45. The van der Waals surface area contributed by atoms with Gasteiger partial charge >= 0.3 is 0 Å². The van der Waals surface area contributed by atoms with Gasteiger partial charge in [-0.05, 0) is 35.4 Å². The Morgan fingerprint density at radius 1 is 0.880 bits per heavy atom. The molecule has 25 heavy (non-hydrogen) atoms. The lowest BCUT2D eigenvalue weighted by Crippen LogP contribution is -2.19. The molecular formula is C21H18N2O2. The van der Waals surface area contributed by atoms with Crippen molar-refractivity contribution in [2.24, 2.45) is 5.10 Å². The molecule has 0 radical (unpaired) electrons. The number of ether oxygens (including phenoxy) is 1. The highest BCUT2D eigenvalue weighted by atomic mass is 16.5. The van der Waals surface area contributed by atoms with Crippen LogP contribution in [0.25, 0.3) is 0 Å². The van der Waals surface area contributed by atoms with Crippen LogP contribution in [0.15, 0.2) is 90.0 Å². The van der Waals surface area contributed by atoms with Gasteiger partial charge in [0.15, 0.2) is 0 Å². The molecule has 0 bridgehead atoms. The maximum Gasteiger partial charge on any atom is 0.244 e. The van der Waals surface area contributed by atoms with Crippen molar-refractivity contribution in [3.05, 3.63) is 96.1 Å². The molecule has 0 aliphatic carbocycles.